The molecular weight excluding hydrogens is 360 g/mol. The smallest absolute Gasteiger partial charge is 0.338 e. The molecule has 0 aliphatic carbocycles. The van der Waals surface area contributed by atoms with Gasteiger partial charge in [0.25, 0.3) is 5.56 Å². The molecule has 8 nitrogen and oxygen atoms in total. The summed E-state index contributed by atoms with van der Waals surface area (Å²) in [6, 6.07) is 3.40. The van der Waals surface area contributed by atoms with Gasteiger partial charge in [0.05, 0.1) is 23.3 Å². The number of carbonyl (C=O) groups excluding carboxylic acids is 2. The largest absolute Gasteiger partial charge is 0.459 e. The maximum Gasteiger partial charge on any atom is 0.338 e. The van der Waals surface area contributed by atoms with Crippen molar-refractivity contribution in [1.29, 1.82) is 0 Å². The summed E-state index contributed by atoms with van der Waals surface area (Å²) in [4.78, 5) is 41.6. The van der Waals surface area contributed by atoms with E-state index in [0.29, 0.717) is 5.65 Å². The van der Waals surface area contributed by atoms with Crippen LogP contribution in [0.1, 0.15) is 32.4 Å². The van der Waals surface area contributed by atoms with Crippen LogP contribution >= 0.6 is 11.6 Å². The number of pyridine rings is 1. The molecule has 2 amide bonds. The number of carbonyl (C=O) groups is 2. The molecule has 2 N–H and O–H groups in total. The van der Waals surface area contributed by atoms with Crippen molar-refractivity contribution in [1.82, 2.24) is 20.0 Å². The highest BCUT2D eigenvalue weighted by atomic mass is 35.5. The number of halogens is 1. The average Bonchev–Trinajstić information content (AvgIpc) is 2.53. The number of ether oxygens (including phenoxy) is 1. The number of rotatable bonds is 3. The van der Waals surface area contributed by atoms with E-state index in [1.807, 2.05) is 0 Å². The van der Waals surface area contributed by atoms with Crippen LogP contribution < -0.4 is 16.2 Å². The van der Waals surface area contributed by atoms with E-state index in [9.17, 15) is 14.4 Å². The molecule has 0 aromatic carbocycles. The number of hydrogen-bond acceptors (Lipinski definition) is 5. The number of fused-ring (bicyclic) bond motifs is 1. The first-order chi connectivity index (χ1) is 12.3. The van der Waals surface area contributed by atoms with Gasteiger partial charge in [0.2, 0.25) is 0 Å². The van der Waals surface area contributed by atoms with E-state index in [1.54, 1.807) is 39.0 Å². The number of allylic oxidation sites excluding steroid dienone is 1. The van der Waals surface area contributed by atoms with Gasteiger partial charge < -0.3 is 15.4 Å². The van der Waals surface area contributed by atoms with Crippen LogP contribution in [-0.2, 0) is 9.53 Å². The maximum atomic E-state index is 12.9. The molecule has 0 radical (unpaired) electrons. The second-order valence-corrected chi connectivity index (χ2v) is 6.43. The molecule has 1 unspecified atom stereocenters. The fourth-order valence-electron chi connectivity index (χ4n) is 2.78. The summed E-state index contributed by atoms with van der Waals surface area (Å²) in [5.74, 6) is -0.649. The van der Waals surface area contributed by atoms with Crippen molar-refractivity contribution in [2.24, 2.45) is 0 Å². The van der Waals surface area contributed by atoms with Crippen molar-refractivity contribution in [3.63, 3.8) is 0 Å². The number of aromatic nitrogens is 2. The summed E-state index contributed by atoms with van der Waals surface area (Å²) in [6.45, 7) is 4.97. The highest BCUT2D eigenvalue weighted by Crippen LogP contribution is 2.29. The summed E-state index contributed by atoms with van der Waals surface area (Å²) < 4.78 is 6.56. The normalized spacial score (nSPS) is 17.3. The summed E-state index contributed by atoms with van der Waals surface area (Å²) in [5.41, 5.74) is 0.280. The summed E-state index contributed by atoms with van der Waals surface area (Å²) in [6.07, 6.45) is 1.17. The maximum absolute atomic E-state index is 12.9. The second kappa shape index (κ2) is 6.80. The highest BCUT2D eigenvalue weighted by molar-refractivity contribution is 6.30. The van der Waals surface area contributed by atoms with Crippen LogP contribution in [-0.4, -0.2) is 27.5 Å². The first-order valence-corrected chi connectivity index (χ1v) is 8.33. The van der Waals surface area contributed by atoms with Crippen molar-refractivity contribution >= 4 is 29.2 Å². The van der Waals surface area contributed by atoms with Gasteiger partial charge in [-0.1, -0.05) is 17.7 Å². The Morgan fingerprint density at radius 1 is 1.35 bits per heavy atom. The van der Waals surface area contributed by atoms with E-state index in [2.05, 4.69) is 15.6 Å². The summed E-state index contributed by atoms with van der Waals surface area (Å²) in [7, 11) is 0. The molecule has 9 heteroatoms. The third-order valence-electron chi connectivity index (χ3n) is 3.84. The number of urea groups is 1. The van der Waals surface area contributed by atoms with Gasteiger partial charge in [0, 0.05) is 11.9 Å². The molecule has 26 heavy (non-hydrogen) atoms. The molecule has 0 saturated carbocycles. The van der Waals surface area contributed by atoms with Crippen LogP contribution in [0.15, 0.2) is 40.5 Å². The minimum atomic E-state index is -1.07. The average molecular weight is 377 g/mol. The first kappa shape index (κ1) is 17.9. The zero-order chi connectivity index (χ0) is 19.0. The van der Waals surface area contributed by atoms with E-state index < -0.39 is 23.6 Å². The van der Waals surface area contributed by atoms with E-state index in [-0.39, 0.29) is 28.1 Å². The molecule has 0 fully saturated rings. The van der Waals surface area contributed by atoms with Gasteiger partial charge >= 0.3 is 12.0 Å². The van der Waals surface area contributed by atoms with E-state index >= 15 is 0 Å². The lowest BCUT2D eigenvalue weighted by atomic mass is 9.97. The number of nitrogens with one attached hydrogen (secondary N) is 2. The third kappa shape index (κ3) is 3.15. The molecule has 136 valence electrons. The van der Waals surface area contributed by atoms with E-state index in [4.69, 9.17) is 16.3 Å². The summed E-state index contributed by atoms with van der Waals surface area (Å²) in [5, 5.41) is 5.00. The Morgan fingerprint density at radius 3 is 2.77 bits per heavy atom. The molecule has 3 rings (SSSR count). The number of nitrogens with zero attached hydrogens (tertiary/aromatic N) is 2. The zero-order valence-electron chi connectivity index (χ0n) is 14.4. The molecule has 1 atom stereocenters. The Morgan fingerprint density at radius 2 is 2.08 bits per heavy atom. The molecule has 0 bridgehead atoms. The fourth-order valence-corrected chi connectivity index (χ4v) is 3.05. The molecule has 0 saturated heterocycles. The minimum Gasteiger partial charge on any atom is -0.459 e. The highest BCUT2D eigenvalue weighted by Gasteiger charge is 2.36. The Balaban J connectivity index is 2.21. The second-order valence-electron chi connectivity index (χ2n) is 6.07. The Hall–Kier alpha value is -2.87. The monoisotopic (exact) mass is 376 g/mol. The molecule has 1 aliphatic rings. The minimum absolute atomic E-state index is 0.000253. The number of esters is 1. The van der Waals surface area contributed by atoms with Gasteiger partial charge in [-0.2, -0.15) is 0 Å². The Labute approximate surface area is 153 Å². The van der Waals surface area contributed by atoms with Crippen LogP contribution in [0, 0.1) is 0 Å². The van der Waals surface area contributed by atoms with Crippen LogP contribution in [0.2, 0.25) is 5.15 Å². The van der Waals surface area contributed by atoms with Crippen molar-refractivity contribution < 1.29 is 14.3 Å². The molecule has 2 aromatic heterocycles. The topological polar surface area (TPSA) is 102 Å². The van der Waals surface area contributed by atoms with Crippen LogP contribution in [0.3, 0.4) is 0 Å². The molecular formula is C17H17ClN4O4. The first-order valence-electron chi connectivity index (χ1n) is 7.95. The standard InChI is InChI=1S/C17H17ClN4O4/c1-8(2)26-16(24)11-9(3)19-17(25)21-13(11)12-14(18)20-10-6-4-5-7-22(10)15(12)23/h4-8,13H,1-3H3,(H2,19,21,25). The van der Waals surface area contributed by atoms with Crippen molar-refractivity contribution in [2.75, 3.05) is 0 Å². The third-order valence-corrected chi connectivity index (χ3v) is 4.13. The molecule has 3 heterocycles. The van der Waals surface area contributed by atoms with Crippen molar-refractivity contribution in [3.05, 3.63) is 56.7 Å². The van der Waals surface area contributed by atoms with Crippen molar-refractivity contribution in [3.8, 4) is 0 Å². The van der Waals surface area contributed by atoms with E-state index in [0.717, 1.165) is 0 Å². The van der Waals surface area contributed by atoms with Gasteiger partial charge in [0.1, 0.15) is 10.8 Å². The molecule has 1 aliphatic heterocycles. The van der Waals surface area contributed by atoms with Crippen LogP contribution in [0.25, 0.3) is 5.65 Å². The molecule has 0 spiro atoms. The number of hydrogen-bond donors (Lipinski definition) is 2. The fraction of sp³-hybridized carbons (Fsp3) is 0.294. The molecule has 2 aromatic rings. The number of amides is 2. The van der Waals surface area contributed by atoms with Crippen molar-refractivity contribution in [2.45, 2.75) is 32.9 Å². The Bertz CT molecular complexity index is 996. The summed E-state index contributed by atoms with van der Waals surface area (Å²) >= 11 is 6.24. The van der Waals surface area contributed by atoms with E-state index in [1.165, 1.54) is 10.6 Å². The van der Waals surface area contributed by atoms with Gasteiger partial charge in [-0.25, -0.2) is 14.6 Å². The lowest BCUT2D eigenvalue weighted by molar-refractivity contribution is -0.143. The lowest BCUT2D eigenvalue weighted by Crippen LogP contribution is -2.47. The van der Waals surface area contributed by atoms with Crippen LogP contribution in [0.4, 0.5) is 4.79 Å². The zero-order valence-corrected chi connectivity index (χ0v) is 15.1. The Kier molecular flexibility index (Phi) is 4.69. The van der Waals surface area contributed by atoms with Gasteiger partial charge in [-0.05, 0) is 32.9 Å². The van der Waals surface area contributed by atoms with Gasteiger partial charge in [-0.15, -0.1) is 0 Å². The van der Waals surface area contributed by atoms with Gasteiger partial charge in [0.15, 0.2) is 0 Å². The quantitative estimate of drug-likeness (QED) is 0.629. The lowest BCUT2D eigenvalue weighted by Gasteiger charge is -2.28. The SMILES string of the molecule is CC1=C(C(=O)OC(C)C)C(c2c(Cl)nc3ccccn3c2=O)NC(=O)N1. The van der Waals surface area contributed by atoms with Gasteiger partial charge in [-0.3, -0.25) is 9.20 Å². The predicted molar refractivity (Wildman–Crippen MR) is 94.8 cm³/mol. The predicted octanol–water partition coefficient (Wildman–Crippen LogP) is 1.93. The van der Waals surface area contributed by atoms with Crippen LogP contribution in [0.5, 0.6) is 0 Å².